The molecule has 1 amide bonds. The summed E-state index contributed by atoms with van der Waals surface area (Å²) in [5, 5.41) is 2.61. The fourth-order valence-electron chi connectivity index (χ4n) is 1.64. The Balaban J connectivity index is 3.17. The van der Waals surface area contributed by atoms with Crippen molar-refractivity contribution >= 4 is 44.7 Å². The molecule has 1 rings (SSSR count). The van der Waals surface area contributed by atoms with Gasteiger partial charge >= 0.3 is 0 Å². The lowest BCUT2D eigenvalue weighted by molar-refractivity contribution is -0.119. The summed E-state index contributed by atoms with van der Waals surface area (Å²) in [5.41, 5.74) is 7.37. The molecule has 4 nitrogen and oxygen atoms in total. The number of rotatable bonds is 5. The second-order valence-corrected chi connectivity index (χ2v) is 4.98. The molecule has 0 saturated carbocycles. The predicted octanol–water partition coefficient (Wildman–Crippen LogP) is 1.66. The Kier molecular flexibility index (Phi) is 5.55. The molecule has 98 valence electrons. The van der Waals surface area contributed by atoms with Gasteiger partial charge < -0.3 is 16.0 Å². The van der Waals surface area contributed by atoms with Gasteiger partial charge in [0, 0.05) is 29.3 Å². The molecule has 0 heterocycles. The molecule has 6 heteroatoms. The first-order chi connectivity index (χ1) is 8.51. The first kappa shape index (κ1) is 14.9. The number of halogens is 1. The maximum atomic E-state index is 11.5. The number of nitrogens with one attached hydrogen (secondary N) is 1. The van der Waals surface area contributed by atoms with Crippen LogP contribution in [-0.4, -0.2) is 31.0 Å². The molecular formula is C12H16BrN3OS. The summed E-state index contributed by atoms with van der Waals surface area (Å²) in [7, 11) is 1.62. The smallest absolute Gasteiger partial charge is 0.239 e. The van der Waals surface area contributed by atoms with Crippen molar-refractivity contribution in [3.8, 4) is 0 Å². The summed E-state index contributed by atoms with van der Waals surface area (Å²) in [5.74, 6) is -0.0503. The Bertz CT molecular complexity index is 465. The normalized spacial score (nSPS) is 9.94. The highest BCUT2D eigenvalue weighted by Gasteiger charge is 2.16. The zero-order valence-corrected chi connectivity index (χ0v) is 12.8. The van der Waals surface area contributed by atoms with E-state index in [-0.39, 0.29) is 12.5 Å². The summed E-state index contributed by atoms with van der Waals surface area (Å²) < 4.78 is 0.836. The van der Waals surface area contributed by atoms with Gasteiger partial charge in [0.25, 0.3) is 0 Å². The maximum Gasteiger partial charge on any atom is 0.239 e. The van der Waals surface area contributed by atoms with Crippen LogP contribution in [0.2, 0.25) is 0 Å². The molecule has 1 aromatic carbocycles. The molecule has 3 N–H and O–H groups in total. The molecule has 0 saturated heterocycles. The van der Waals surface area contributed by atoms with Crippen LogP contribution < -0.4 is 16.0 Å². The van der Waals surface area contributed by atoms with Crippen molar-refractivity contribution in [2.75, 3.05) is 25.0 Å². The van der Waals surface area contributed by atoms with Gasteiger partial charge in [0.15, 0.2) is 0 Å². The van der Waals surface area contributed by atoms with Gasteiger partial charge in [-0.2, -0.15) is 0 Å². The second-order valence-electron chi connectivity index (χ2n) is 3.69. The second kappa shape index (κ2) is 6.70. The number of carbonyl (C=O) groups excluding carboxylic acids is 1. The third-order valence-corrected chi connectivity index (χ3v) is 3.44. The van der Waals surface area contributed by atoms with Crippen molar-refractivity contribution in [3.05, 3.63) is 28.2 Å². The average molecular weight is 330 g/mol. The average Bonchev–Trinajstić information content (AvgIpc) is 2.34. The van der Waals surface area contributed by atoms with E-state index in [0.717, 1.165) is 15.7 Å². The largest absolute Gasteiger partial charge is 0.389 e. The summed E-state index contributed by atoms with van der Waals surface area (Å²) >= 11 is 8.50. The number of nitrogens with zero attached hydrogens (tertiary/aromatic N) is 1. The van der Waals surface area contributed by atoms with Crippen molar-refractivity contribution in [1.29, 1.82) is 0 Å². The first-order valence-corrected chi connectivity index (χ1v) is 6.75. The molecule has 0 aliphatic heterocycles. The van der Waals surface area contributed by atoms with Gasteiger partial charge in [0.05, 0.1) is 6.54 Å². The molecule has 0 aromatic heterocycles. The summed E-state index contributed by atoms with van der Waals surface area (Å²) in [6, 6.07) is 5.69. The van der Waals surface area contributed by atoms with Gasteiger partial charge in [-0.25, -0.2) is 0 Å². The number of carbonyl (C=O) groups is 1. The van der Waals surface area contributed by atoms with Crippen LogP contribution in [0, 0.1) is 0 Å². The van der Waals surface area contributed by atoms with Crippen LogP contribution >= 0.6 is 28.1 Å². The number of hydrogen-bond donors (Lipinski definition) is 2. The van der Waals surface area contributed by atoms with Gasteiger partial charge in [-0.05, 0) is 35.0 Å². The Labute approximate surface area is 121 Å². The molecule has 0 spiro atoms. The van der Waals surface area contributed by atoms with Gasteiger partial charge in [-0.3, -0.25) is 4.79 Å². The van der Waals surface area contributed by atoms with Crippen LogP contribution in [0.3, 0.4) is 0 Å². The van der Waals surface area contributed by atoms with Gasteiger partial charge in [0.2, 0.25) is 5.91 Å². The van der Waals surface area contributed by atoms with Crippen LogP contribution in [0.4, 0.5) is 5.69 Å². The quantitative estimate of drug-likeness (QED) is 0.806. The van der Waals surface area contributed by atoms with E-state index >= 15 is 0 Å². The molecule has 0 aliphatic rings. The number of nitrogens with two attached hydrogens (primary N) is 1. The molecule has 1 aromatic rings. The number of hydrogen-bond acceptors (Lipinski definition) is 3. The van der Waals surface area contributed by atoms with Crippen molar-refractivity contribution in [2.24, 2.45) is 5.73 Å². The first-order valence-electron chi connectivity index (χ1n) is 5.55. The van der Waals surface area contributed by atoms with Gasteiger partial charge in [0.1, 0.15) is 4.99 Å². The number of amides is 1. The number of benzene rings is 1. The molecule has 18 heavy (non-hydrogen) atoms. The topological polar surface area (TPSA) is 58.4 Å². The van der Waals surface area contributed by atoms with E-state index in [1.807, 2.05) is 30.0 Å². The Morgan fingerprint density at radius 3 is 2.72 bits per heavy atom. The molecule has 0 fully saturated rings. The fraction of sp³-hybridized carbons (Fsp3) is 0.333. The Morgan fingerprint density at radius 2 is 2.22 bits per heavy atom. The van der Waals surface area contributed by atoms with E-state index < -0.39 is 0 Å². The van der Waals surface area contributed by atoms with Gasteiger partial charge in [-0.1, -0.05) is 18.3 Å². The van der Waals surface area contributed by atoms with E-state index in [4.69, 9.17) is 18.0 Å². The molecule has 0 atom stereocenters. The van der Waals surface area contributed by atoms with Crippen molar-refractivity contribution in [2.45, 2.75) is 6.92 Å². The molecule has 0 bridgehead atoms. The lowest BCUT2D eigenvalue weighted by atomic mass is 10.1. The highest BCUT2D eigenvalue weighted by molar-refractivity contribution is 9.10. The molecule has 0 radical (unpaired) electrons. The van der Waals surface area contributed by atoms with Crippen LogP contribution in [0.25, 0.3) is 0 Å². The number of anilines is 1. The van der Waals surface area contributed by atoms with Crippen LogP contribution in [0.1, 0.15) is 12.5 Å². The minimum atomic E-state index is -0.0503. The van der Waals surface area contributed by atoms with E-state index in [0.29, 0.717) is 11.5 Å². The standard InChI is InChI=1S/C12H16BrN3OS/c1-3-16(7-10(17)15-2)9-6-4-5-8(13)11(9)12(14)18/h4-6H,3,7H2,1-2H3,(H2,14,18)(H,15,17). The molecular weight excluding hydrogens is 314 g/mol. The van der Waals surface area contributed by atoms with Crippen molar-refractivity contribution < 1.29 is 4.79 Å². The molecule has 0 aliphatic carbocycles. The van der Waals surface area contributed by atoms with E-state index in [9.17, 15) is 4.79 Å². The highest BCUT2D eigenvalue weighted by Crippen LogP contribution is 2.27. The Hall–Kier alpha value is -1.14. The zero-order valence-electron chi connectivity index (χ0n) is 10.4. The van der Waals surface area contributed by atoms with Crippen LogP contribution in [0.5, 0.6) is 0 Å². The lowest BCUT2D eigenvalue weighted by Crippen LogP contribution is -2.36. The van der Waals surface area contributed by atoms with Crippen molar-refractivity contribution in [3.63, 3.8) is 0 Å². The lowest BCUT2D eigenvalue weighted by Gasteiger charge is -2.25. The van der Waals surface area contributed by atoms with E-state index in [1.165, 1.54) is 0 Å². The van der Waals surface area contributed by atoms with Crippen LogP contribution in [-0.2, 0) is 4.79 Å². The fourth-order valence-corrected chi connectivity index (χ4v) is 2.55. The predicted molar refractivity (Wildman–Crippen MR) is 82.0 cm³/mol. The summed E-state index contributed by atoms with van der Waals surface area (Å²) in [6.07, 6.45) is 0. The van der Waals surface area contributed by atoms with Gasteiger partial charge in [-0.15, -0.1) is 0 Å². The number of likely N-dealkylation sites (N-methyl/N-ethyl adjacent to an activating group) is 2. The van der Waals surface area contributed by atoms with E-state index in [1.54, 1.807) is 7.05 Å². The minimum absolute atomic E-state index is 0.0503. The summed E-state index contributed by atoms with van der Waals surface area (Å²) in [4.78, 5) is 13.7. The van der Waals surface area contributed by atoms with Crippen LogP contribution in [0.15, 0.2) is 22.7 Å². The monoisotopic (exact) mass is 329 g/mol. The molecule has 0 unspecified atom stereocenters. The van der Waals surface area contributed by atoms with E-state index in [2.05, 4.69) is 21.2 Å². The SMILES string of the molecule is CCN(CC(=O)NC)c1cccc(Br)c1C(N)=S. The zero-order chi connectivity index (χ0) is 13.7. The Morgan fingerprint density at radius 1 is 1.56 bits per heavy atom. The summed E-state index contributed by atoms with van der Waals surface area (Å²) in [6.45, 7) is 2.95. The third kappa shape index (κ3) is 3.43. The number of thiocarbonyl (C=S) groups is 1. The minimum Gasteiger partial charge on any atom is -0.389 e. The third-order valence-electron chi connectivity index (χ3n) is 2.57. The highest BCUT2D eigenvalue weighted by atomic mass is 79.9. The van der Waals surface area contributed by atoms with Crippen molar-refractivity contribution in [1.82, 2.24) is 5.32 Å². The maximum absolute atomic E-state index is 11.5.